The van der Waals surface area contributed by atoms with Crippen molar-refractivity contribution < 1.29 is 9.21 Å². The molecule has 2 rings (SSSR count). The van der Waals surface area contributed by atoms with Gasteiger partial charge < -0.3 is 15.5 Å². The Hall–Kier alpha value is -1.75. The van der Waals surface area contributed by atoms with Crippen LogP contribution in [0.5, 0.6) is 0 Å². The highest BCUT2D eigenvalue weighted by Gasteiger charge is 2.17. The molecule has 0 aliphatic carbocycles. The number of hydrogen-bond donors (Lipinski definition) is 2. The van der Waals surface area contributed by atoms with Gasteiger partial charge in [-0.15, -0.1) is 0 Å². The summed E-state index contributed by atoms with van der Waals surface area (Å²) in [5.74, 6) is 1.39. The van der Waals surface area contributed by atoms with E-state index < -0.39 is 0 Å². The Kier molecular flexibility index (Phi) is 4.18. The van der Waals surface area contributed by atoms with E-state index in [4.69, 9.17) is 10.2 Å². The number of nitrogens with one attached hydrogen (secondary N) is 1. The molecule has 4 nitrogen and oxygen atoms in total. The van der Waals surface area contributed by atoms with Gasteiger partial charge in [-0.1, -0.05) is 15.9 Å². The second-order valence-electron chi connectivity index (χ2n) is 4.81. The van der Waals surface area contributed by atoms with Gasteiger partial charge in [0.25, 0.3) is 5.91 Å². The van der Waals surface area contributed by atoms with Crippen molar-refractivity contribution in [2.24, 2.45) is 0 Å². The second-order valence-corrected chi connectivity index (χ2v) is 5.73. The molecule has 106 valence electrons. The second kappa shape index (κ2) is 5.71. The Morgan fingerprint density at radius 2 is 2.05 bits per heavy atom. The first kappa shape index (κ1) is 14.7. The van der Waals surface area contributed by atoms with E-state index in [9.17, 15) is 4.79 Å². The number of amides is 1. The van der Waals surface area contributed by atoms with Gasteiger partial charge >= 0.3 is 0 Å². The van der Waals surface area contributed by atoms with E-state index in [0.29, 0.717) is 11.3 Å². The minimum atomic E-state index is -0.198. The van der Waals surface area contributed by atoms with Crippen LogP contribution in [0.25, 0.3) is 0 Å². The summed E-state index contributed by atoms with van der Waals surface area (Å²) < 4.78 is 6.30. The molecule has 0 aliphatic heterocycles. The predicted molar refractivity (Wildman–Crippen MR) is 82.6 cm³/mol. The third-order valence-electron chi connectivity index (χ3n) is 3.19. The number of aryl methyl sites for hydroxylation is 1. The van der Waals surface area contributed by atoms with Crippen LogP contribution in [0, 0.1) is 13.8 Å². The first-order valence-electron chi connectivity index (χ1n) is 6.31. The van der Waals surface area contributed by atoms with Gasteiger partial charge in [-0.05, 0) is 50.6 Å². The SMILES string of the molecule is Cc1ccc(C(C)NC(=O)c2cc(Br)cc(N)c2C)o1. The Morgan fingerprint density at radius 3 is 2.65 bits per heavy atom. The van der Waals surface area contributed by atoms with Gasteiger partial charge in [0.05, 0.1) is 6.04 Å². The first-order valence-corrected chi connectivity index (χ1v) is 7.10. The lowest BCUT2D eigenvalue weighted by Crippen LogP contribution is -2.27. The maximum absolute atomic E-state index is 12.3. The van der Waals surface area contributed by atoms with Crippen LogP contribution in [-0.4, -0.2) is 5.91 Å². The zero-order valence-electron chi connectivity index (χ0n) is 11.7. The average molecular weight is 337 g/mol. The number of anilines is 1. The van der Waals surface area contributed by atoms with Crippen LogP contribution >= 0.6 is 15.9 Å². The molecule has 0 bridgehead atoms. The van der Waals surface area contributed by atoms with Crippen molar-refractivity contribution in [2.75, 3.05) is 5.73 Å². The molecule has 1 unspecified atom stereocenters. The largest absolute Gasteiger partial charge is 0.464 e. The highest BCUT2D eigenvalue weighted by Crippen LogP contribution is 2.24. The van der Waals surface area contributed by atoms with E-state index in [-0.39, 0.29) is 11.9 Å². The summed E-state index contributed by atoms with van der Waals surface area (Å²) in [6, 6.07) is 7.09. The molecule has 2 aromatic rings. The van der Waals surface area contributed by atoms with Crippen LogP contribution in [0.2, 0.25) is 0 Å². The fourth-order valence-electron chi connectivity index (χ4n) is 1.97. The minimum absolute atomic E-state index is 0.169. The van der Waals surface area contributed by atoms with Crippen molar-refractivity contribution in [2.45, 2.75) is 26.8 Å². The van der Waals surface area contributed by atoms with E-state index in [1.165, 1.54) is 0 Å². The standard InChI is InChI=1S/C15H17BrN2O2/c1-8-4-5-14(20-8)10(3)18-15(19)12-6-11(16)7-13(17)9(12)2/h4-7,10H,17H2,1-3H3,(H,18,19). The van der Waals surface area contributed by atoms with Crippen molar-refractivity contribution in [3.63, 3.8) is 0 Å². The summed E-state index contributed by atoms with van der Waals surface area (Å²) in [6.07, 6.45) is 0. The molecular formula is C15H17BrN2O2. The number of benzene rings is 1. The van der Waals surface area contributed by atoms with E-state index in [2.05, 4.69) is 21.2 Å². The maximum atomic E-state index is 12.3. The molecular weight excluding hydrogens is 320 g/mol. The third-order valence-corrected chi connectivity index (χ3v) is 3.65. The summed E-state index contributed by atoms with van der Waals surface area (Å²) in [7, 11) is 0. The molecule has 5 heteroatoms. The van der Waals surface area contributed by atoms with E-state index in [0.717, 1.165) is 21.6 Å². The van der Waals surface area contributed by atoms with Gasteiger partial charge in [0.1, 0.15) is 11.5 Å². The van der Waals surface area contributed by atoms with Crippen molar-refractivity contribution in [1.29, 1.82) is 0 Å². The molecule has 0 radical (unpaired) electrons. The number of hydrogen-bond acceptors (Lipinski definition) is 3. The zero-order valence-corrected chi connectivity index (χ0v) is 13.2. The molecule has 0 saturated heterocycles. The lowest BCUT2D eigenvalue weighted by molar-refractivity contribution is 0.0934. The van der Waals surface area contributed by atoms with Crippen LogP contribution in [0.4, 0.5) is 5.69 Å². The number of nitrogens with two attached hydrogens (primary N) is 1. The topological polar surface area (TPSA) is 68.3 Å². The van der Waals surface area contributed by atoms with E-state index >= 15 is 0 Å². The van der Waals surface area contributed by atoms with E-state index in [1.807, 2.05) is 32.9 Å². The Bertz CT molecular complexity index is 649. The molecule has 20 heavy (non-hydrogen) atoms. The summed E-state index contributed by atoms with van der Waals surface area (Å²) in [6.45, 7) is 5.59. The number of rotatable bonds is 3. The van der Waals surface area contributed by atoms with E-state index in [1.54, 1.807) is 12.1 Å². The van der Waals surface area contributed by atoms with Crippen LogP contribution < -0.4 is 11.1 Å². The Morgan fingerprint density at radius 1 is 1.35 bits per heavy atom. The lowest BCUT2D eigenvalue weighted by atomic mass is 10.1. The monoisotopic (exact) mass is 336 g/mol. The lowest BCUT2D eigenvalue weighted by Gasteiger charge is -2.14. The van der Waals surface area contributed by atoms with Crippen molar-refractivity contribution in [3.05, 3.63) is 51.4 Å². The smallest absolute Gasteiger partial charge is 0.252 e. The highest BCUT2D eigenvalue weighted by atomic mass is 79.9. The molecule has 1 aromatic carbocycles. The van der Waals surface area contributed by atoms with Gasteiger partial charge in [-0.2, -0.15) is 0 Å². The molecule has 0 fully saturated rings. The van der Waals surface area contributed by atoms with Crippen LogP contribution in [-0.2, 0) is 0 Å². The van der Waals surface area contributed by atoms with Crippen molar-refractivity contribution >= 4 is 27.5 Å². The average Bonchev–Trinajstić information content (AvgIpc) is 2.80. The minimum Gasteiger partial charge on any atom is -0.464 e. The summed E-state index contributed by atoms with van der Waals surface area (Å²) >= 11 is 3.35. The number of nitrogen functional groups attached to an aromatic ring is 1. The molecule has 0 aliphatic rings. The summed E-state index contributed by atoms with van der Waals surface area (Å²) in [4.78, 5) is 12.3. The molecule has 3 N–H and O–H groups in total. The van der Waals surface area contributed by atoms with Crippen LogP contribution in [0.3, 0.4) is 0 Å². The van der Waals surface area contributed by atoms with Gasteiger partial charge in [0.15, 0.2) is 0 Å². The van der Waals surface area contributed by atoms with Gasteiger partial charge in [-0.25, -0.2) is 0 Å². The predicted octanol–water partition coefficient (Wildman–Crippen LogP) is 3.73. The quantitative estimate of drug-likeness (QED) is 0.839. The molecule has 0 saturated carbocycles. The summed E-state index contributed by atoms with van der Waals surface area (Å²) in [5, 5.41) is 2.91. The van der Waals surface area contributed by atoms with Crippen LogP contribution in [0.15, 0.2) is 33.2 Å². The normalized spacial score (nSPS) is 12.2. The number of halogens is 1. The maximum Gasteiger partial charge on any atom is 0.252 e. The van der Waals surface area contributed by atoms with Gasteiger partial charge in [0.2, 0.25) is 0 Å². The fourth-order valence-corrected chi connectivity index (χ4v) is 2.44. The Labute approximate surface area is 126 Å². The molecule has 1 aromatic heterocycles. The number of carbonyl (C=O) groups excluding carboxylic acids is 1. The fraction of sp³-hybridized carbons (Fsp3) is 0.267. The first-order chi connectivity index (χ1) is 9.38. The molecule has 1 heterocycles. The third kappa shape index (κ3) is 3.04. The van der Waals surface area contributed by atoms with Gasteiger partial charge in [-0.3, -0.25) is 4.79 Å². The molecule has 1 atom stereocenters. The van der Waals surface area contributed by atoms with Crippen molar-refractivity contribution in [3.8, 4) is 0 Å². The van der Waals surface area contributed by atoms with Crippen molar-refractivity contribution in [1.82, 2.24) is 5.32 Å². The van der Waals surface area contributed by atoms with Crippen LogP contribution in [0.1, 0.15) is 40.4 Å². The number of carbonyl (C=O) groups is 1. The summed E-state index contributed by atoms with van der Waals surface area (Å²) in [5.41, 5.74) is 7.80. The Balaban J connectivity index is 2.20. The molecule has 1 amide bonds. The zero-order chi connectivity index (χ0) is 14.9. The highest BCUT2D eigenvalue weighted by molar-refractivity contribution is 9.10. The number of furan rings is 1. The molecule has 0 spiro atoms. The van der Waals surface area contributed by atoms with Gasteiger partial charge in [0, 0.05) is 15.7 Å².